The number of aromatic amines is 1. The number of aromatic nitrogens is 2. The van der Waals surface area contributed by atoms with Gasteiger partial charge in [-0.3, -0.25) is 0 Å². The summed E-state index contributed by atoms with van der Waals surface area (Å²) < 4.78 is 25.9. The van der Waals surface area contributed by atoms with Crippen molar-refractivity contribution in [2.45, 2.75) is 30.8 Å². The van der Waals surface area contributed by atoms with E-state index in [1.54, 1.807) is 0 Å². The number of imidazole rings is 1. The van der Waals surface area contributed by atoms with Crippen molar-refractivity contribution in [1.29, 1.82) is 0 Å². The molecule has 0 saturated heterocycles. The molecule has 1 heterocycles. The number of hydrogen-bond donors (Lipinski definition) is 2. The summed E-state index contributed by atoms with van der Waals surface area (Å²) >= 11 is 3.30. The van der Waals surface area contributed by atoms with Crippen molar-refractivity contribution in [3.63, 3.8) is 0 Å². The molecule has 0 bridgehead atoms. The quantitative estimate of drug-likeness (QED) is 0.776. The maximum Gasteiger partial charge on any atom is 0.257 e. The van der Waals surface area contributed by atoms with E-state index in [2.05, 4.69) is 30.6 Å². The average Bonchev–Trinajstić information content (AvgIpc) is 2.67. The molecule has 86 valence electrons. The largest absolute Gasteiger partial charge is 0.335 e. The first-order valence-electron chi connectivity index (χ1n) is 4.63. The number of rotatable bonds is 6. The summed E-state index contributed by atoms with van der Waals surface area (Å²) in [6.45, 7) is 1.84. The molecule has 0 aliphatic carbocycles. The van der Waals surface area contributed by atoms with Crippen LogP contribution in [0, 0.1) is 0 Å². The lowest BCUT2D eigenvalue weighted by atomic mass is 10.2. The minimum Gasteiger partial charge on any atom is -0.335 e. The van der Waals surface area contributed by atoms with Crippen molar-refractivity contribution in [3.05, 3.63) is 12.5 Å². The summed E-state index contributed by atoms with van der Waals surface area (Å²) in [5.74, 6) is 0. The second kappa shape index (κ2) is 5.62. The highest BCUT2D eigenvalue weighted by atomic mass is 79.9. The number of H-pyrrole nitrogens is 1. The van der Waals surface area contributed by atoms with Gasteiger partial charge in [0.05, 0.1) is 12.5 Å². The molecule has 5 nitrogen and oxygen atoms in total. The minimum atomic E-state index is -3.43. The molecule has 0 aliphatic rings. The number of nitrogens with zero attached hydrogens (tertiary/aromatic N) is 1. The fourth-order valence-electron chi connectivity index (χ4n) is 1.16. The van der Waals surface area contributed by atoms with Crippen molar-refractivity contribution >= 4 is 26.0 Å². The smallest absolute Gasteiger partial charge is 0.257 e. The Labute approximate surface area is 97.9 Å². The zero-order chi connectivity index (χ0) is 11.3. The van der Waals surface area contributed by atoms with E-state index in [1.807, 2.05) is 6.92 Å². The Balaban J connectivity index is 2.57. The lowest BCUT2D eigenvalue weighted by molar-refractivity contribution is 0.542. The summed E-state index contributed by atoms with van der Waals surface area (Å²) in [6.07, 6.45) is 4.38. The van der Waals surface area contributed by atoms with Gasteiger partial charge in [0, 0.05) is 11.4 Å². The van der Waals surface area contributed by atoms with E-state index >= 15 is 0 Å². The third kappa shape index (κ3) is 3.92. The summed E-state index contributed by atoms with van der Waals surface area (Å²) in [4.78, 5) is 6.24. The first-order chi connectivity index (χ1) is 7.06. The Hall–Kier alpha value is -0.400. The highest BCUT2D eigenvalue weighted by molar-refractivity contribution is 9.09. The molecule has 1 aromatic rings. The van der Waals surface area contributed by atoms with Gasteiger partial charge in [-0.25, -0.2) is 18.1 Å². The molecule has 0 aliphatic heterocycles. The molecule has 0 fully saturated rings. The average molecular weight is 296 g/mol. The van der Waals surface area contributed by atoms with Gasteiger partial charge in [-0.15, -0.1) is 0 Å². The van der Waals surface area contributed by atoms with Crippen LogP contribution in [0.5, 0.6) is 0 Å². The number of sulfonamides is 1. The van der Waals surface area contributed by atoms with Crippen LogP contribution in [-0.4, -0.2) is 29.8 Å². The number of alkyl halides is 1. The molecular weight excluding hydrogens is 282 g/mol. The van der Waals surface area contributed by atoms with Crippen LogP contribution in [0.2, 0.25) is 0 Å². The van der Waals surface area contributed by atoms with Gasteiger partial charge < -0.3 is 4.98 Å². The van der Waals surface area contributed by atoms with E-state index in [9.17, 15) is 8.42 Å². The van der Waals surface area contributed by atoms with Crippen molar-refractivity contribution in [1.82, 2.24) is 14.7 Å². The Morgan fingerprint density at radius 1 is 1.67 bits per heavy atom. The predicted molar refractivity (Wildman–Crippen MR) is 61.4 cm³/mol. The maximum absolute atomic E-state index is 11.7. The second-order valence-electron chi connectivity index (χ2n) is 3.27. The van der Waals surface area contributed by atoms with Crippen LogP contribution < -0.4 is 4.72 Å². The van der Waals surface area contributed by atoms with E-state index < -0.39 is 10.0 Å². The molecule has 7 heteroatoms. The van der Waals surface area contributed by atoms with Crippen LogP contribution in [0.1, 0.15) is 19.8 Å². The molecule has 1 unspecified atom stereocenters. The van der Waals surface area contributed by atoms with Crippen LogP contribution in [0.4, 0.5) is 0 Å². The molecule has 0 saturated carbocycles. The molecule has 0 aromatic carbocycles. The van der Waals surface area contributed by atoms with Gasteiger partial charge in [0.15, 0.2) is 5.03 Å². The molecule has 0 radical (unpaired) electrons. The molecule has 1 rings (SSSR count). The monoisotopic (exact) mass is 295 g/mol. The number of hydrogen-bond acceptors (Lipinski definition) is 3. The number of halogens is 1. The molecular formula is C8H14BrN3O2S. The van der Waals surface area contributed by atoms with Crippen LogP contribution in [-0.2, 0) is 10.0 Å². The van der Waals surface area contributed by atoms with E-state index in [-0.39, 0.29) is 11.1 Å². The molecule has 15 heavy (non-hydrogen) atoms. The Morgan fingerprint density at radius 2 is 2.40 bits per heavy atom. The van der Waals surface area contributed by atoms with Gasteiger partial charge >= 0.3 is 0 Å². The molecule has 2 N–H and O–H groups in total. The van der Waals surface area contributed by atoms with Crippen molar-refractivity contribution in [2.24, 2.45) is 0 Å². The van der Waals surface area contributed by atoms with E-state index in [0.29, 0.717) is 0 Å². The van der Waals surface area contributed by atoms with Crippen molar-refractivity contribution < 1.29 is 8.42 Å². The lowest BCUT2D eigenvalue weighted by Crippen LogP contribution is -2.32. The molecule has 0 spiro atoms. The van der Waals surface area contributed by atoms with E-state index in [4.69, 9.17) is 0 Å². The summed E-state index contributed by atoms with van der Waals surface area (Å²) in [5.41, 5.74) is 0. The zero-order valence-electron chi connectivity index (χ0n) is 8.40. The highest BCUT2D eigenvalue weighted by Gasteiger charge is 2.17. The predicted octanol–water partition coefficient (Wildman–Crippen LogP) is 1.25. The van der Waals surface area contributed by atoms with Gasteiger partial charge in [-0.1, -0.05) is 15.9 Å². The second-order valence-corrected chi connectivity index (χ2v) is 5.74. The normalized spacial score (nSPS) is 14.0. The minimum absolute atomic E-state index is 0.0733. The summed E-state index contributed by atoms with van der Waals surface area (Å²) in [7, 11) is -3.43. The van der Waals surface area contributed by atoms with Gasteiger partial charge in [0.1, 0.15) is 0 Å². The van der Waals surface area contributed by atoms with Crippen LogP contribution in [0.15, 0.2) is 17.6 Å². The van der Waals surface area contributed by atoms with E-state index in [1.165, 1.54) is 12.5 Å². The van der Waals surface area contributed by atoms with Gasteiger partial charge in [0.25, 0.3) is 10.0 Å². The SMILES string of the molecule is CC(CCCBr)NS(=O)(=O)c1cnc[nH]1. The Morgan fingerprint density at radius 3 is 2.93 bits per heavy atom. The highest BCUT2D eigenvalue weighted by Crippen LogP contribution is 2.06. The molecule has 1 aromatic heterocycles. The third-order valence-corrected chi connectivity index (χ3v) is 3.97. The Bertz CT molecular complexity index is 377. The first kappa shape index (κ1) is 12.7. The third-order valence-electron chi connectivity index (χ3n) is 1.89. The molecule has 1 atom stereocenters. The van der Waals surface area contributed by atoms with Crippen LogP contribution >= 0.6 is 15.9 Å². The fraction of sp³-hybridized carbons (Fsp3) is 0.625. The van der Waals surface area contributed by atoms with Gasteiger partial charge in [-0.2, -0.15) is 0 Å². The standard InChI is InChI=1S/C8H14BrN3O2S/c1-7(3-2-4-9)12-15(13,14)8-5-10-6-11-8/h5-7,12H,2-4H2,1H3,(H,10,11). The van der Waals surface area contributed by atoms with Crippen LogP contribution in [0.25, 0.3) is 0 Å². The maximum atomic E-state index is 11.7. The van der Waals surface area contributed by atoms with Crippen molar-refractivity contribution in [2.75, 3.05) is 5.33 Å². The van der Waals surface area contributed by atoms with Gasteiger partial charge in [-0.05, 0) is 19.8 Å². The summed E-state index contributed by atoms with van der Waals surface area (Å²) in [6, 6.07) is -0.0733. The van der Waals surface area contributed by atoms with E-state index in [0.717, 1.165) is 18.2 Å². The van der Waals surface area contributed by atoms with Crippen LogP contribution in [0.3, 0.4) is 0 Å². The fourth-order valence-corrected chi connectivity index (χ4v) is 2.67. The first-order valence-corrected chi connectivity index (χ1v) is 7.23. The number of nitrogens with one attached hydrogen (secondary N) is 2. The lowest BCUT2D eigenvalue weighted by Gasteiger charge is -2.12. The zero-order valence-corrected chi connectivity index (χ0v) is 10.8. The Kier molecular flexibility index (Phi) is 4.75. The molecule has 0 amide bonds. The topological polar surface area (TPSA) is 74.8 Å². The van der Waals surface area contributed by atoms with Crippen molar-refractivity contribution in [3.8, 4) is 0 Å². The summed E-state index contributed by atoms with van der Waals surface area (Å²) in [5, 5.41) is 0.983. The van der Waals surface area contributed by atoms with Gasteiger partial charge in [0.2, 0.25) is 0 Å².